The van der Waals surface area contributed by atoms with E-state index in [2.05, 4.69) is 36.8 Å². The lowest BCUT2D eigenvalue weighted by Gasteiger charge is -2.06. The van der Waals surface area contributed by atoms with Gasteiger partial charge in [0.15, 0.2) is 0 Å². The molecule has 0 aliphatic carbocycles. The lowest BCUT2D eigenvalue weighted by molar-refractivity contribution is 0.102. The van der Waals surface area contributed by atoms with Crippen LogP contribution in [0.1, 0.15) is 9.80 Å². The third kappa shape index (κ3) is 3.21. The van der Waals surface area contributed by atoms with Crippen LogP contribution < -0.4 is 15.4 Å². The molecule has 0 saturated carbocycles. The molecule has 2 N–H and O–H groups in total. The number of nitrogens with one attached hydrogen (secondary N) is 2. The average Bonchev–Trinajstić information content (AvgIpc) is 2.88. The summed E-state index contributed by atoms with van der Waals surface area (Å²) < 4.78 is 5.88. The van der Waals surface area contributed by atoms with Gasteiger partial charge in [-0.1, -0.05) is 11.3 Å². The van der Waals surface area contributed by atoms with Gasteiger partial charge in [0.2, 0.25) is 10.1 Å². The molecule has 0 radical (unpaired) electrons. The van der Waals surface area contributed by atoms with Gasteiger partial charge in [0.1, 0.15) is 5.75 Å². The highest BCUT2D eigenvalue weighted by Gasteiger charge is 2.13. The molecule has 0 aliphatic rings. The van der Waals surface area contributed by atoms with Crippen LogP contribution in [-0.2, 0) is 0 Å². The molecule has 1 amide bonds. The summed E-state index contributed by atoms with van der Waals surface area (Å²) in [6.45, 7) is 0. The molecule has 1 aromatic heterocycles. The monoisotopic (exact) mass is 342 g/mol. The number of aromatic nitrogens is 2. The number of rotatable bonds is 4. The van der Waals surface area contributed by atoms with Gasteiger partial charge in [-0.3, -0.25) is 4.79 Å². The zero-order valence-corrected chi connectivity index (χ0v) is 12.6. The maximum Gasteiger partial charge on any atom is 0.286 e. The predicted molar refractivity (Wildman–Crippen MR) is 78.1 cm³/mol. The van der Waals surface area contributed by atoms with Crippen LogP contribution >= 0.6 is 27.3 Å². The van der Waals surface area contributed by atoms with Crippen molar-refractivity contribution in [1.82, 2.24) is 10.2 Å². The largest absolute Gasteiger partial charge is 0.496 e. The molecule has 0 saturated heterocycles. The molecular formula is C11H11BrN4O2S. The minimum Gasteiger partial charge on any atom is -0.496 e. The Balaban J connectivity index is 2.12. The summed E-state index contributed by atoms with van der Waals surface area (Å²) in [7, 11) is 3.31. The quantitative estimate of drug-likeness (QED) is 0.893. The van der Waals surface area contributed by atoms with Crippen molar-refractivity contribution in [3.8, 4) is 5.75 Å². The van der Waals surface area contributed by atoms with Gasteiger partial charge in [0, 0.05) is 12.7 Å². The van der Waals surface area contributed by atoms with E-state index in [9.17, 15) is 4.79 Å². The molecule has 0 unspecified atom stereocenters. The zero-order chi connectivity index (χ0) is 13.8. The highest BCUT2D eigenvalue weighted by molar-refractivity contribution is 9.10. The normalized spacial score (nSPS) is 10.1. The summed E-state index contributed by atoms with van der Waals surface area (Å²) >= 11 is 4.55. The maximum atomic E-state index is 11.9. The number of carbonyl (C=O) groups is 1. The van der Waals surface area contributed by atoms with Gasteiger partial charge in [-0.05, 0) is 34.1 Å². The van der Waals surface area contributed by atoms with Crippen molar-refractivity contribution in [3.63, 3.8) is 0 Å². The molecule has 2 aromatic rings. The van der Waals surface area contributed by atoms with E-state index in [0.29, 0.717) is 21.6 Å². The van der Waals surface area contributed by atoms with E-state index in [1.165, 1.54) is 11.3 Å². The second-order valence-corrected chi connectivity index (χ2v) is 5.30. The molecule has 100 valence electrons. The van der Waals surface area contributed by atoms with Gasteiger partial charge in [0.05, 0.1) is 11.6 Å². The third-order valence-corrected chi connectivity index (χ3v) is 3.80. The van der Waals surface area contributed by atoms with Crippen molar-refractivity contribution in [1.29, 1.82) is 0 Å². The summed E-state index contributed by atoms with van der Waals surface area (Å²) in [6, 6.07) is 5.27. The minimum absolute atomic E-state index is 0.295. The van der Waals surface area contributed by atoms with Crippen LogP contribution in [0.5, 0.6) is 5.75 Å². The number of hydrogen-bond donors (Lipinski definition) is 2. The SMILES string of the molecule is CNc1nnc(C(=O)Nc2ccc(OC)c(Br)c2)s1. The summed E-state index contributed by atoms with van der Waals surface area (Å²) in [5.74, 6) is 0.405. The number of halogens is 1. The maximum absolute atomic E-state index is 11.9. The first-order chi connectivity index (χ1) is 9.13. The van der Waals surface area contributed by atoms with Crippen molar-refractivity contribution in [2.75, 3.05) is 24.8 Å². The summed E-state index contributed by atoms with van der Waals surface area (Å²) in [5.41, 5.74) is 0.652. The number of carbonyl (C=O) groups excluding carboxylic acids is 1. The van der Waals surface area contributed by atoms with Gasteiger partial charge < -0.3 is 15.4 Å². The van der Waals surface area contributed by atoms with Gasteiger partial charge in [-0.25, -0.2) is 0 Å². The second kappa shape index (κ2) is 5.98. The van der Waals surface area contributed by atoms with Crippen LogP contribution in [0.4, 0.5) is 10.8 Å². The van der Waals surface area contributed by atoms with E-state index >= 15 is 0 Å². The van der Waals surface area contributed by atoms with Gasteiger partial charge in [-0.15, -0.1) is 10.2 Å². The summed E-state index contributed by atoms with van der Waals surface area (Å²) in [5, 5.41) is 14.1. The summed E-state index contributed by atoms with van der Waals surface area (Å²) in [4.78, 5) is 11.9. The first-order valence-electron chi connectivity index (χ1n) is 5.30. The standard InChI is InChI=1S/C11H11BrN4O2S/c1-13-11-16-15-10(19-11)9(17)14-6-3-4-8(18-2)7(12)5-6/h3-5H,1-2H3,(H,13,16)(H,14,17). The van der Waals surface area contributed by atoms with Crippen molar-refractivity contribution in [2.24, 2.45) is 0 Å². The van der Waals surface area contributed by atoms with Crippen LogP contribution in [0, 0.1) is 0 Å². The summed E-state index contributed by atoms with van der Waals surface area (Å²) in [6.07, 6.45) is 0. The van der Waals surface area contributed by atoms with Crippen molar-refractivity contribution < 1.29 is 9.53 Å². The Labute approximate surface area is 122 Å². The Hall–Kier alpha value is -1.67. The number of benzene rings is 1. The number of ether oxygens (including phenoxy) is 1. The van der Waals surface area contributed by atoms with Crippen molar-refractivity contribution in [3.05, 3.63) is 27.7 Å². The average molecular weight is 343 g/mol. The molecule has 0 bridgehead atoms. The molecule has 0 spiro atoms. The topological polar surface area (TPSA) is 76.1 Å². The van der Waals surface area contributed by atoms with E-state index in [1.54, 1.807) is 32.4 Å². The van der Waals surface area contributed by atoms with Crippen LogP contribution in [0.2, 0.25) is 0 Å². The molecule has 19 heavy (non-hydrogen) atoms. The Morgan fingerprint density at radius 1 is 1.42 bits per heavy atom. The van der Waals surface area contributed by atoms with Gasteiger partial charge >= 0.3 is 0 Å². The molecule has 1 heterocycles. The fourth-order valence-corrected chi connectivity index (χ4v) is 2.48. The predicted octanol–water partition coefficient (Wildman–Crippen LogP) is 2.60. The molecule has 6 nitrogen and oxygen atoms in total. The Morgan fingerprint density at radius 3 is 2.79 bits per heavy atom. The zero-order valence-electron chi connectivity index (χ0n) is 10.2. The molecule has 0 fully saturated rings. The Kier molecular flexibility index (Phi) is 4.33. The van der Waals surface area contributed by atoms with Crippen LogP contribution in [-0.4, -0.2) is 30.3 Å². The number of hydrogen-bond acceptors (Lipinski definition) is 6. The number of anilines is 2. The van der Waals surface area contributed by atoms with E-state index < -0.39 is 0 Å². The van der Waals surface area contributed by atoms with Gasteiger partial charge in [0.25, 0.3) is 5.91 Å². The molecule has 8 heteroatoms. The van der Waals surface area contributed by atoms with E-state index in [1.807, 2.05) is 0 Å². The van der Waals surface area contributed by atoms with Crippen LogP contribution in [0.15, 0.2) is 22.7 Å². The fraction of sp³-hybridized carbons (Fsp3) is 0.182. The number of nitrogens with zero attached hydrogens (tertiary/aromatic N) is 2. The van der Waals surface area contributed by atoms with Crippen LogP contribution in [0.3, 0.4) is 0 Å². The third-order valence-electron chi connectivity index (χ3n) is 2.24. The molecule has 1 aromatic carbocycles. The first kappa shape index (κ1) is 13.8. The molecular weight excluding hydrogens is 332 g/mol. The smallest absolute Gasteiger partial charge is 0.286 e. The number of amides is 1. The van der Waals surface area contributed by atoms with E-state index in [0.717, 1.165) is 4.47 Å². The number of methoxy groups -OCH3 is 1. The lowest BCUT2D eigenvalue weighted by Crippen LogP contribution is -2.11. The molecule has 2 rings (SSSR count). The molecule has 0 atom stereocenters. The first-order valence-corrected chi connectivity index (χ1v) is 6.91. The minimum atomic E-state index is -0.295. The van der Waals surface area contributed by atoms with Gasteiger partial charge in [-0.2, -0.15) is 0 Å². The second-order valence-electron chi connectivity index (χ2n) is 3.47. The van der Waals surface area contributed by atoms with Crippen LogP contribution in [0.25, 0.3) is 0 Å². The highest BCUT2D eigenvalue weighted by Crippen LogP contribution is 2.28. The van der Waals surface area contributed by atoms with E-state index in [-0.39, 0.29) is 5.91 Å². The van der Waals surface area contributed by atoms with Crippen molar-refractivity contribution >= 4 is 44.0 Å². The Morgan fingerprint density at radius 2 is 2.21 bits per heavy atom. The van der Waals surface area contributed by atoms with E-state index in [4.69, 9.17) is 4.74 Å². The highest BCUT2D eigenvalue weighted by atomic mass is 79.9. The fourth-order valence-electron chi connectivity index (χ4n) is 1.34. The van der Waals surface area contributed by atoms with Crippen molar-refractivity contribution in [2.45, 2.75) is 0 Å². The molecule has 0 aliphatic heterocycles. The Bertz CT molecular complexity index is 602. The lowest BCUT2D eigenvalue weighted by atomic mass is 10.3.